The van der Waals surface area contributed by atoms with Gasteiger partial charge in [0.25, 0.3) is 0 Å². The van der Waals surface area contributed by atoms with Crippen molar-refractivity contribution in [3.8, 4) is 5.95 Å². The number of aliphatic carboxylic acids is 1. The molecule has 0 aliphatic heterocycles. The van der Waals surface area contributed by atoms with Crippen LogP contribution in [0.4, 0.5) is 0 Å². The minimum atomic E-state index is -1.12. The van der Waals surface area contributed by atoms with Gasteiger partial charge in [-0.25, -0.2) is 9.78 Å². The van der Waals surface area contributed by atoms with Crippen LogP contribution in [0.15, 0.2) is 52.1 Å². The van der Waals surface area contributed by atoms with Gasteiger partial charge in [-0.1, -0.05) is 53.8 Å². The SMILES string of the molecule is C/C(=N\OC(c1cc(OCc2ccc3ccccc3n2)on1)C1CCCCC1)C(=O)O. The molecule has 1 saturated carbocycles. The molecule has 2 heterocycles. The van der Waals surface area contributed by atoms with Gasteiger partial charge < -0.3 is 19.2 Å². The topological polar surface area (TPSA) is 107 Å². The number of oxime groups is 1. The highest BCUT2D eigenvalue weighted by molar-refractivity contribution is 6.34. The molecule has 0 bridgehead atoms. The Morgan fingerprint density at radius 2 is 2.03 bits per heavy atom. The van der Waals surface area contributed by atoms with Crippen LogP contribution in [-0.2, 0) is 16.2 Å². The zero-order chi connectivity index (χ0) is 21.6. The highest BCUT2D eigenvalue weighted by Crippen LogP contribution is 2.37. The van der Waals surface area contributed by atoms with E-state index in [0.717, 1.165) is 42.3 Å². The number of fused-ring (bicyclic) bond motifs is 1. The lowest BCUT2D eigenvalue weighted by molar-refractivity contribution is -0.129. The first-order valence-electron chi connectivity index (χ1n) is 10.5. The van der Waals surface area contributed by atoms with Crippen LogP contribution in [0.25, 0.3) is 10.9 Å². The average Bonchev–Trinajstić information content (AvgIpc) is 3.27. The number of carboxylic acid groups (broad SMARTS) is 1. The average molecular weight is 423 g/mol. The molecule has 0 radical (unpaired) electrons. The Labute approximate surface area is 179 Å². The van der Waals surface area contributed by atoms with E-state index in [0.29, 0.717) is 5.69 Å². The lowest BCUT2D eigenvalue weighted by Gasteiger charge is -2.26. The summed E-state index contributed by atoms with van der Waals surface area (Å²) in [5, 5.41) is 18.0. The predicted octanol–water partition coefficient (Wildman–Crippen LogP) is 4.90. The van der Waals surface area contributed by atoms with Gasteiger partial charge in [-0.15, -0.1) is 0 Å². The first kappa shape index (κ1) is 20.8. The van der Waals surface area contributed by atoms with E-state index in [4.69, 9.17) is 19.2 Å². The van der Waals surface area contributed by atoms with Crippen molar-refractivity contribution < 1.29 is 24.0 Å². The smallest absolute Gasteiger partial charge is 0.353 e. The van der Waals surface area contributed by atoms with Gasteiger partial charge in [0.1, 0.15) is 12.3 Å². The second kappa shape index (κ2) is 9.59. The Hall–Kier alpha value is -3.42. The summed E-state index contributed by atoms with van der Waals surface area (Å²) in [6.07, 6.45) is 4.84. The summed E-state index contributed by atoms with van der Waals surface area (Å²) in [7, 11) is 0. The van der Waals surface area contributed by atoms with Crippen molar-refractivity contribution in [2.75, 3.05) is 0 Å². The summed E-state index contributed by atoms with van der Waals surface area (Å²) < 4.78 is 11.1. The molecule has 31 heavy (non-hydrogen) atoms. The van der Waals surface area contributed by atoms with Crippen molar-refractivity contribution in [1.29, 1.82) is 0 Å². The fraction of sp³-hybridized carbons (Fsp3) is 0.391. The number of pyridine rings is 1. The van der Waals surface area contributed by atoms with Crippen LogP contribution >= 0.6 is 0 Å². The van der Waals surface area contributed by atoms with E-state index in [9.17, 15) is 4.79 Å². The van der Waals surface area contributed by atoms with E-state index in [-0.39, 0.29) is 24.2 Å². The number of nitrogens with zero attached hydrogens (tertiary/aromatic N) is 3. The second-order valence-corrected chi connectivity index (χ2v) is 7.76. The monoisotopic (exact) mass is 423 g/mol. The third-order valence-electron chi connectivity index (χ3n) is 5.51. The van der Waals surface area contributed by atoms with Crippen molar-refractivity contribution in [3.63, 3.8) is 0 Å². The van der Waals surface area contributed by atoms with Gasteiger partial charge in [-0.3, -0.25) is 0 Å². The lowest BCUT2D eigenvalue weighted by atomic mass is 9.84. The summed E-state index contributed by atoms with van der Waals surface area (Å²) in [6.45, 7) is 1.64. The van der Waals surface area contributed by atoms with Crippen LogP contribution in [0.1, 0.15) is 56.5 Å². The minimum Gasteiger partial charge on any atom is -0.477 e. The molecule has 1 aliphatic rings. The van der Waals surface area contributed by atoms with Crippen LogP contribution in [0.3, 0.4) is 0 Å². The highest BCUT2D eigenvalue weighted by atomic mass is 16.6. The van der Waals surface area contributed by atoms with Gasteiger partial charge in [-0.2, -0.15) is 0 Å². The molecule has 8 nitrogen and oxygen atoms in total. The van der Waals surface area contributed by atoms with E-state index in [1.165, 1.54) is 13.3 Å². The predicted molar refractivity (Wildman–Crippen MR) is 114 cm³/mol. The number of ether oxygens (including phenoxy) is 1. The van der Waals surface area contributed by atoms with Crippen LogP contribution in [0.2, 0.25) is 0 Å². The minimum absolute atomic E-state index is 0.108. The number of benzene rings is 1. The quantitative estimate of drug-likeness (QED) is 0.405. The van der Waals surface area contributed by atoms with Crippen LogP contribution in [0, 0.1) is 5.92 Å². The second-order valence-electron chi connectivity index (χ2n) is 7.76. The van der Waals surface area contributed by atoms with E-state index < -0.39 is 12.1 Å². The normalized spacial score (nSPS) is 16.2. The summed E-state index contributed by atoms with van der Waals surface area (Å²) in [5.41, 5.74) is 2.12. The van der Waals surface area contributed by atoms with Crippen molar-refractivity contribution in [2.45, 2.75) is 51.7 Å². The molecule has 0 saturated heterocycles. The number of carbonyl (C=O) groups is 1. The first-order valence-corrected chi connectivity index (χ1v) is 10.5. The maximum absolute atomic E-state index is 11.1. The Morgan fingerprint density at radius 3 is 2.84 bits per heavy atom. The molecule has 0 amide bonds. The molecular formula is C23H25N3O5. The number of para-hydroxylation sites is 1. The van der Waals surface area contributed by atoms with E-state index in [2.05, 4.69) is 15.3 Å². The summed E-state index contributed by atoms with van der Waals surface area (Å²) in [5.74, 6) is -0.665. The number of carboxylic acids is 1. The first-order chi connectivity index (χ1) is 15.1. The molecule has 1 atom stereocenters. The number of rotatable bonds is 8. The summed E-state index contributed by atoms with van der Waals surface area (Å²) >= 11 is 0. The van der Waals surface area contributed by atoms with E-state index in [1.54, 1.807) is 6.07 Å². The zero-order valence-corrected chi connectivity index (χ0v) is 17.4. The van der Waals surface area contributed by atoms with Crippen molar-refractivity contribution in [2.24, 2.45) is 11.1 Å². The van der Waals surface area contributed by atoms with Gasteiger partial charge in [-0.05, 0) is 31.9 Å². The van der Waals surface area contributed by atoms with Gasteiger partial charge in [0.15, 0.2) is 11.8 Å². The Balaban J connectivity index is 1.46. The van der Waals surface area contributed by atoms with Crippen molar-refractivity contribution in [3.05, 3.63) is 53.9 Å². The molecule has 1 fully saturated rings. The zero-order valence-electron chi connectivity index (χ0n) is 17.4. The number of aromatic nitrogens is 2. The van der Waals surface area contributed by atoms with Crippen LogP contribution in [0.5, 0.6) is 5.95 Å². The summed E-state index contributed by atoms with van der Waals surface area (Å²) in [4.78, 5) is 21.3. The van der Waals surface area contributed by atoms with Gasteiger partial charge >= 0.3 is 11.9 Å². The molecule has 162 valence electrons. The van der Waals surface area contributed by atoms with E-state index in [1.807, 2.05) is 36.4 Å². The molecule has 8 heteroatoms. The Morgan fingerprint density at radius 1 is 1.23 bits per heavy atom. The van der Waals surface area contributed by atoms with Crippen LogP contribution in [-0.4, -0.2) is 26.9 Å². The van der Waals surface area contributed by atoms with E-state index >= 15 is 0 Å². The standard InChI is InChI=1S/C23H25N3O5/c1-15(23(27)28)25-31-22(17-8-3-2-4-9-17)20-13-21(30-26-20)29-14-18-12-11-16-7-5-6-10-19(16)24-18/h5-7,10-13,17,22H,2-4,8-9,14H2,1H3,(H,27,28)/b25-15+. The maximum Gasteiger partial charge on any atom is 0.353 e. The largest absolute Gasteiger partial charge is 0.477 e. The van der Waals surface area contributed by atoms with Crippen molar-refractivity contribution >= 4 is 22.6 Å². The fourth-order valence-electron chi connectivity index (χ4n) is 3.80. The fourth-order valence-corrected chi connectivity index (χ4v) is 3.80. The number of hydrogen-bond acceptors (Lipinski definition) is 7. The Bertz CT molecular complexity index is 1070. The molecule has 1 unspecified atom stereocenters. The van der Waals surface area contributed by atoms with Gasteiger partial charge in [0, 0.05) is 11.3 Å². The summed E-state index contributed by atoms with van der Waals surface area (Å²) in [6, 6.07) is 13.5. The molecule has 1 aromatic carbocycles. The molecule has 2 aromatic heterocycles. The highest BCUT2D eigenvalue weighted by Gasteiger charge is 2.30. The third-order valence-corrected chi connectivity index (χ3v) is 5.51. The Kier molecular flexibility index (Phi) is 6.45. The van der Waals surface area contributed by atoms with Gasteiger partial charge in [0.05, 0.1) is 17.3 Å². The van der Waals surface area contributed by atoms with Crippen LogP contribution < -0.4 is 4.74 Å². The third kappa shape index (κ3) is 5.20. The molecule has 1 aliphatic carbocycles. The van der Waals surface area contributed by atoms with Crippen molar-refractivity contribution in [1.82, 2.24) is 10.1 Å². The number of hydrogen-bond donors (Lipinski definition) is 1. The molecule has 0 spiro atoms. The molecular weight excluding hydrogens is 398 g/mol. The maximum atomic E-state index is 11.1. The molecule has 1 N–H and O–H groups in total. The molecule has 4 rings (SSSR count). The lowest BCUT2D eigenvalue weighted by Crippen LogP contribution is -2.19. The molecule has 3 aromatic rings. The van der Waals surface area contributed by atoms with Gasteiger partial charge in [0.2, 0.25) is 0 Å².